The maximum absolute atomic E-state index is 11.5. The molecule has 1 aromatic heterocycles. The van der Waals surface area contributed by atoms with E-state index in [-0.39, 0.29) is 11.8 Å². The molecule has 2 aromatic carbocycles. The van der Waals surface area contributed by atoms with E-state index in [1.165, 1.54) is 11.1 Å². The largest absolute Gasteiger partial charge is 0.423 e. The van der Waals surface area contributed by atoms with Crippen LogP contribution in [0, 0.1) is 5.92 Å². The third-order valence-electron chi connectivity index (χ3n) is 5.11. The molecule has 5 heteroatoms. The number of primary amides is 1. The fourth-order valence-electron chi connectivity index (χ4n) is 3.46. The monoisotopic (exact) mass is 379 g/mol. The standard InChI is InChI=1S/C23H29N3O2/c1-3-7-19(22(24)27)16-18-13-11-17(12-14-18)8-6-15-26(2)23-25-20-9-4-5-10-21(20)28-23/h4-5,9-14,19H,3,6-8,15-16H2,1-2H3,(H2,24,27). The molecular weight excluding hydrogens is 350 g/mol. The molecule has 0 aliphatic heterocycles. The van der Waals surface area contributed by atoms with Gasteiger partial charge in [0.05, 0.1) is 0 Å². The number of fused-ring (bicyclic) bond motifs is 1. The molecule has 1 amide bonds. The SMILES string of the molecule is CCCC(Cc1ccc(CCCN(C)c2nc3ccccc3o2)cc1)C(N)=O. The van der Waals surface area contributed by atoms with Gasteiger partial charge in [-0.15, -0.1) is 0 Å². The van der Waals surface area contributed by atoms with Crippen LogP contribution in [0.15, 0.2) is 52.9 Å². The van der Waals surface area contributed by atoms with Gasteiger partial charge in [-0.1, -0.05) is 49.7 Å². The van der Waals surface area contributed by atoms with Crippen molar-refractivity contribution < 1.29 is 9.21 Å². The molecule has 0 bridgehead atoms. The van der Waals surface area contributed by atoms with Crippen molar-refractivity contribution in [2.75, 3.05) is 18.5 Å². The van der Waals surface area contributed by atoms with Crippen LogP contribution in [0.25, 0.3) is 11.1 Å². The van der Waals surface area contributed by atoms with Crippen LogP contribution in [0.2, 0.25) is 0 Å². The first-order valence-electron chi connectivity index (χ1n) is 10.0. The molecule has 28 heavy (non-hydrogen) atoms. The smallest absolute Gasteiger partial charge is 0.298 e. The van der Waals surface area contributed by atoms with Gasteiger partial charge in [-0.2, -0.15) is 4.98 Å². The molecule has 5 nitrogen and oxygen atoms in total. The second-order valence-electron chi connectivity index (χ2n) is 7.40. The summed E-state index contributed by atoms with van der Waals surface area (Å²) >= 11 is 0. The Bertz CT molecular complexity index is 869. The minimum atomic E-state index is -0.201. The molecule has 1 heterocycles. The number of rotatable bonds is 10. The van der Waals surface area contributed by atoms with Crippen molar-refractivity contribution in [2.45, 2.75) is 39.0 Å². The second-order valence-corrected chi connectivity index (χ2v) is 7.40. The maximum atomic E-state index is 11.5. The number of benzene rings is 2. The van der Waals surface area contributed by atoms with Crippen molar-refractivity contribution in [3.05, 3.63) is 59.7 Å². The van der Waals surface area contributed by atoms with E-state index in [4.69, 9.17) is 10.2 Å². The number of aromatic nitrogens is 1. The van der Waals surface area contributed by atoms with Gasteiger partial charge < -0.3 is 15.1 Å². The van der Waals surface area contributed by atoms with Crippen molar-refractivity contribution in [2.24, 2.45) is 11.7 Å². The predicted molar refractivity (Wildman–Crippen MR) is 113 cm³/mol. The van der Waals surface area contributed by atoms with E-state index in [9.17, 15) is 4.79 Å². The molecule has 1 atom stereocenters. The lowest BCUT2D eigenvalue weighted by atomic mass is 9.93. The lowest BCUT2D eigenvalue weighted by Gasteiger charge is -2.14. The van der Waals surface area contributed by atoms with Crippen LogP contribution >= 0.6 is 0 Å². The number of hydrogen-bond donors (Lipinski definition) is 1. The molecule has 0 fully saturated rings. The number of oxazole rings is 1. The Morgan fingerprint density at radius 3 is 2.54 bits per heavy atom. The predicted octanol–water partition coefficient (Wildman–Crippen LogP) is 4.34. The van der Waals surface area contributed by atoms with Crippen molar-refractivity contribution >= 4 is 23.0 Å². The molecule has 0 saturated heterocycles. The van der Waals surface area contributed by atoms with Crippen molar-refractivity contribution in [1.82, 2.24) is 4.98 Å². The van der Waals surface area contributed by atoms with E-state index in [2.05, 4.69) is 41.1 Å². The van der Waals surface area contributed by atoms with Gasteiger partial charge in [0.2, 0.25) is 5.91 Å². The fraction of sp³-hybridized carbons (Fsp3) is 0.391. The molecule has 1 unspecified atom stereocenters. The first-order valence-corrected chi connectivity index (χ1v) is 10.0. The van der Waals surface area contributed by atoms with Gasteiger partial charge >= 0.3 is 0 Å². The highest BCUT2D eigenvalue weighted by atomic mass is 16.4. The van der Waals surface area contributed by atoms with E-state index in [0.717, 1.165) is 49.7 Å². The molecule has 0 aliphatic carbocycles. The number of nitrogens with two attached hydrogens (primary N) is 1. The van der Waals surface area contributed by atoms with Gasteiger partial charge in [-0.25, -0.2) is 0 Å². The normalized spacial score (nSPS) is 12.2. The van der Waals surface area contributed by atoms with E-state index in [1.54, 1.807) is 0 Å². The highest BCUT2D eigenvalue weighted by Crippen LogP contribution is 2.21. The lowest BCUT2D eigenvalue weighted by molar-refractivity contribution is -0.122. The average molecular weight is 380 g/mol. The van der Waals surface area contributed by atoms with Gasteiger partial charge in [0.1, 0.15) is 5.52 Å². The number of anilines is 1. The van der Waals surface area contributed by atoms with Gasteiger partial charge in [0.15, 0.2) is 5.58 Å². The molecular formula is C23H29N3O2. The minimum Gasteiger partial charge on any atom is -0.423 e. The van der Waals surface area contributed by atoms with Crippen LogP contribution in [0.1, 0.15) is 37.3 Å². The zero-order valence-electron chi connectivity index (χ0n) is 16.7. The molecule has 0 saturated carbocycles. The first kappa shape index (κ1) is 19.9. The Kier molecular flexibility index (Phi) is 6.69. The average Bonchev–Trinajstić information content (AvgIpc) is 3.13. The van der Waals surface area contributed by atoms with Crippen molar-refractivity contribution in [3.63, 3.8) is 0 Å². The number of para-hydroxylation sites is 2. The number of hydrogen-bond acceptors (Lipinski definition) is 4. The summed E-state index contributed by atoms with van der Waals surface area (Å²) in [7, 11) is 2.01. The fourth-order valence-corrected chi connectivity index (χ4v) is 3.46. The zero-order valence-corrected chi connectivity index (χ0v) is 16.7. The van der Waals surface area contributed by atoms with Crippen molar-refractivity contribution in [3.8, 4) is 0 Å². The molecule has 0 spiro atoms. The molecule has 0 radical (unpaired) electrons. The Hall–Kier alpha value is -2.82. The second kappa shape index (κ2) is 9.40. The highest BCUT2D eigenvalue weighted by molar-refractivity contribution is 5.77. The summed E-state index contributed by atoms with van der Waals surface area (Å²) < 4.78 is 5.80. The lowest BCUT2D eigenvalue weighted by Crippen LogP contribution is -2.25. The van der Waals surface area contributed by atoms with Crippen LogP contribution in [-0.4, -0.2) is 24.5 Å². The molecule has 3 rings (SSSR count). The van der Waals surface area contributed by atoms with E-state index < -0.39 is 0 Å². The van der Waals surface area contributed by atoms with Gasteiger partial charge in [-0.3, -0.25) is 4.79 Å². The van der Waals surface area contributed by atoms with E-state index >= 15 is 0 Å². The van der Waals surface area contributed by atoms with Crippen molar-refractivity contribution in [1.29, 1.82) is 0 Å². The van der Waals surface area contributed by atoms with Crippen LogP contribution in [0.5, 0.6) is 0 Å². The Morgan fingerprint density at radius 2 is 1.86 bits per heavy atom. The zero-order chi connectivity index (χ0) is 19.9. The quantitative estimate of drug-likeness (QED) is 0.569. The van der Waals surface area contributed by atoms with E-state index in [0.29, 0.717) is 6.01 Å². The van der Waals surface area contributed by atoms with Crippen LogP contribution < -0.4 is 10.6 Å². The van der Waals surface area contributed by atoms with Gasteiger partial charge in [0, 0.05) is 19.5 Å². The summed E-state index contributed by atoms with van der Waals surface area (Å²) in [6.45, 7) is 2.95. The summed E-state index contributed by atoms with van der Waals surface area (Å²) in [5.74, 6) is -0.269. The summed E-state index contributed by atoms with van der Waals surface area (Å²) in [5.41, 5.74) is 9.68. The highest BCUT2D eigenvalue weighted by Gasteiger charge is 2.15. The van der Waals surface area contributed by atoms with Crippen LogP contribution in [-0.2, 0) is 17.6 Å². The number of nitrogens with zero attached hydrogens (tertiary/aromatic N) is 2. The number of carbonyl (C=O) groups is 1. The minimum absolute atomic E-state index is 0.0687. The number of amides is 1. The van der Waals surface area contributed by atoms with E-state index in [1.807, 2.05) is 31.3 Å². The Balaban J connectivity index is 1.49. The Morgan fingerprint density at radius 1 is 1.14 bits per heavy atom. The van der Waals surface area contributed by atoms with Gasteiger partial charge in [-0.05, 0) is 48.9 Å². The number of aryl methyl sites for hydroxylation is 1. The maximum Gasteiger partial charge on any atom is 0.298 e. The van der Waals surface area contributed by atoms with Crippen LogP contribution in [0.4, 0.5) is 6.01 Å². The summed E-state index contributed by atoms with van der Waals surface area (Å²) in [4.78, 5) is 18.1. The Labute approximate surface area is 166 Å². The first-order chi connectivity index (χ1) is 13.6. The third-order valence-corrected chi connectivity index (χ3v) is 5.11. The summed E-state index contributed by atoms with van der Waals surface area (Å²) in [5, 5.41) is 0. The topological polar surface area (TPSA) is 72.4 Å². The third kappa shape index (κ3) is 5.12. The van der Waals surface area contributed by atoms with Crippen LogP contribution in [0.3, 0.4) is 0 Å². The van der Waals surface area contributed by atoms with Gasteiger partial charge in [0.25, 0.3) is 6.01 Å². The number of carbonyl (C=O) groups excluding carboxylic acids is 1. The molecule has 2 N–H and O–H groups in total. The summed E-state index contributed by atoms with van der Waals surface area (Å²) in [6, 6.07) is 17.0. The molecule has 0 aliphatic rings. The molecule has 148 valence electrons. The summed E-state index contributed by atoms with van der Waals surface area (Å²) in [6.07, 6.45) is 4.54. The molecule has 3 aromatic rings.